The number of hydrogen-bond donors (Lipinski definition) is 1. The van der Waals surface area contributed by atoms with E-state index in [-0.39, 0.29) is 5.92 Å². The Labute approximate surface area is 173 Å². The number of aryl methyl sites for hydroxylation is 1. The summed E-state index contributed by atoms with van der Waals surface area (Å²) in [6, 6.07) is 5.84. The molecule has 0 spiro atoms. The van der Waals surface area contributed by atoms with Gasteiger partial charge in [-0.25, -0.2) is 0 Å². The minimum absolute atomic E-state index is 0.273. The SMILES string of the molecule is CCNC(=NCCCc1nc(C(C)C)no1)N(C)Cc1ccc(OC)cc1OC. The molecular weight excluding hydrogens is 370 g/mol. The molecule has 1 heterocycles. The largest absolute Gasteiger partial charge is 0.497 e. The van der Waals surface area contributed by atoms with Gasteiger partial charge in [-0.2, -0.15) is 4.98 Å². The maximum absolute atomic E-state index is 5.50. The van der Waals surface area contributed by atoms with E-state index in [2.05, 4.69) is 41.1 Å². The van der Waals surface area contributed by atoms with Crippen LogP contribution in [-0.4, -0.2) is 55.4 Å². The number of methoxy groups -OCH3 is 2. The number of aliphatic imine (C=N–C) groups is 1. The van der Waals surface area contributed by atoms with Crippen molar-refractivity contribution >= 4 is 5.96 Å². The second kappa shape index (κ2) is 11.3. The summed E-state index contributed by atoms with van der Waals surface area (Å²) in [5.74, 6) is 4.11. The van der Waals surface area contributed by atoms with Crippen molar-refractivity contribution < 1.29 is 14.0 Å². The standard InChI is InChI=1S/C21H33N5O3/c1-7-22-21(23-12-8-9-19-24-20(15(2)3)25-29-19)26(4)14-16-10-11-17(27-5)13-18(16)28-6/h10-11,13,15H,7-9,12,14H2,1-6H3,(H,22,23). The van der Waals surface area contributed by atoms with Gasteiger partial charge in [-0.15, -0.1) is 0 Å². The first-order valence-corrected chi connectivity index (χ1v) is 10.0. The molecule has 0 saturated carbocycles. The molecule has 2 rings (SSSR count). The van der Waals surface area contributed by atoms with Crippen LogP contribution in [0.25, 0.3) is 0 Å². The van der Waals surface area contributed by atoms with E-state index in [1.165, 1.54) is 0 Å². The molecule has 0 amide bonds. The molecule has 0 radical (unpaired) electrons. The second-order valence-electron chi connectivity index (χ2n) is 7.07. The predicted octanol–water partition coefficient (Wildman–Crippen LogP) is 3.24. The average Bonchev–Trinajstić information content (AvgIpc) is 3.19. The zero-order valence-electron chi connectivity index (χ0n) is 18.4. The van der Waals surface area contributed by atoms with Crippen LogP contribution in [0, 0.1) is 0 Å². The molecule has 0 aliphatic heterocycles. The lowest BCUT2D eigenvalue weighted by atomic mass is 10.2. The van der Waals surface area contributed by atoms with Gasteiger partial charge in [0.2, 0.25) is 5.89 Å². The van der Waals surface area contributed by atoms with Crippen molar-refractivity contribution in [3.8, 4) is 11.5 Å². The maximum Gasteiger partial charge on any atom is 0.226 e. The highest BCUT2D eigenvalue weighted by Crippen LogP contribution is 2.25. The topological polar surface area (TPSA) is 85.0 Å². The van der Waals surface area contributed by atoms with Crippen LogP contribution in [0.1, 0.15) is 50.4 Å². The van der Waals surface area contributed by atoms with Gasteiger partial charge in [-0.1, -0.05) is 19.0 Å². The third kappa shape index (κ3) is 6.66. The van der Waals surface area contributed by atoms with Crippen LogP contribution >= 0.6 is 0 Å². The van der Waals surface area contributed by atoms with E-state index < -0.39 is 0 Å². The molecule has 0 bridgehead atoms. The lowest BCUT2D eigenvalue weighted by Gasteiger charge is -2.23. The summed E-state index contributed by atoms with van der Waals surface area (Å²) in [5.41, 5.74) is 1.06. The molecule has 1 aromatic heterocycles. The van der Waals surface area contributed by atoms with Crippen molar-refractivity contribution in [2.45, 2.75) is 46.1 Å². The molecule has 0 fully saturated rings. The Morgan fingerprint density at radius 1 is 1.28 bits per heavy atom. The van der Waals surface area contributed by atoms with Crippen molar-refractivity contribution in [2.75, 3.05) is 34.4 Å². The third-order valence-corrected chi connectivity index (χ3v) is 4.41. The predicted molar refractivity (Wildman–Crippen MR) is 114 cm³/mol. The molecule has 8 heteroatoms. The van der Waals surface area contributed by atoms with Gasteiger partial charge in [0.05, 0.1) is 14.2 Å². The van der Waals surface area contributed by atoms with Crippen molar-refractivity contribution in [1.82, 2.24) is 20.4 Å². The van der Waals surface area contributed by atoms with Crippen molar-refractivity contribution in [3.05, 3.63) is 35.5 Å². The minimum Gasteiger partial charge on any atom is -0.497 e. The smallest absolute Gasteiger partial charge is 0.226 e. The summed E-state index contributed by atoms with van der Waals surface area (Å²) in [6.45, 7) is 8.30. The molecule has 0 saturated heterocycles. The normalized spacial score (nSPS) is 11.6. The number of ether oxygens (including phenoxy) is 2. The van der Waals surface area contributed by atoms with Gasteiger partial charge in [0, 0.05) is 50.7 Å². The zero-order chi connectivity index (χ0) is 21.2. The van der Waals surface area contributed by atoms with Crippen LogP contribution in [0.15, 0.2) is 27.7 Å². The Hall–Kier alpha value is -2.77. The van der Waals surface area contributed by atoms with E-state index in [0.717, 1.165) is 48.2 Å². The van der Waals surface area contributed by atoms with E-state index in [9.17, 15) is 0 Å². The quantitative estimate of drug-likeness (QED) is 0.370. The fraction of sp³-hybridized carbons (Fsp3) is 0.571. The summed E-state index contributed by atoms with van der Waals surface area (Å²) >= 11 is 0. The lowest BCUT2D eigenvalue weighted by molar-refractivity contribution is 0.369. The molecule has 0 aliphatic rings. The highest BCUT2D eigenvalue weighted by Gasteiger charge is 2.12. The van der Waals surface area contributed by atoms with E-state index in [1.807, 2.05) is 25.2 Å². The van der Waals surface area contributed by atoms with Gasteiger partial charge in [0.15, 0.2) is 11.8 Å². The lowest BCUT2D eigenvalue weighted by Crippen LogP contribution is -2.38. The molecule has 0 unspecified atom stereocenters. The van der Waals surface area contributed by atoms with E-state index in [0.29, 0.717) is 19.0 Å². The first-order chi connectivity index (χ1) is 14.0. The number of nitrogens with one attached hydrogen (secondary N) is 1. The minimum atomic E-state index is 0.273. The van der Waals surface area contributed by atoms with Gasteiger partial charge >= 0.3 is 0 Å². The molecule has 29 heavy (non-hydrogen) atoms. The van der Waals surface area contributed by atoms with Gasteiger partial charge < -0.3 is 24.2 Å². The Kier molecular flexibility index (Phi) is 8.76. The molecule has 2 aromatic rings. The fourth-order valence-electron chi connectivity index (χ4n) is 2.80. The molecule has 0 atom stereocenters. The van der Waals surface area contributed by atoms with Gasteiger partial charge in [0.25, 0.3) is 0 Å². The first kappa shape index (κ1) is 22.5. The summed E-state index contributed by atoms with van der Waals surface area (Å²) in [7, 11) is 5.33. The maximum atomic E-state index is 5.50. The fourth-order valence-corrected chi connectivity index (χ4v) is 2.80. The summed E-state index contributed by atoms with van der Waals surface area (Å²) in [6.07, 6.45) is 1.56. The average molecular weight is 404 g/mol. The van der Waals surface area contributed by atoms with E-state index in [1.54, 1.807) is 14.2 Å². The van der Waals surface area contributed by atoms with Crippen LogP contribution in [0.3, 0.4) is 0 Å². The molecule has 160 valence electrons. The molecule has 0 aliphatic carbocycles. The number of hydrogen-bond acceptors (Lipinski definition) is 6. The molecule has 8 nitrogen and oxygen atoms in total. The zero-order valence-corrected chi connectivity index (χ0v) is 18.4. The monoisotopic (exact) mass is 403 g/mol. The number of rotatable bonds is 10. The van der Waals surface area contributed by atoms with E-state index in [4.69, 9.17) is 19.0 Å². The Morgan fingerprint density at radius 3 is 2.69 bits per heavy atom. The van der Waals surface area contributed by atoms with Crippen molar-refractivity contribution in [3.63, 3.8) is 0 Å². The van der Waals surface area contributed by atoms with Crippen LogP contribution in [-0.2, 0) is 13.0 Å². The Balaban J connectivity index is 1.96. The molecular formula is C21H33N5O3. The molecule has 1 N–H and O–H groups in total. The van der Waals surface area contributed by atoms with Crippen LogP contribution in [0.5, 0.6) is 11.5 Å². The van der Waals surface area contributed by atoms with Crippen LogP contribution in [0.2, 0.25) is 0 Å². The van der Waals surface area contributed by atoms with Gasteiger partial charge in [-0.05, 0) is 25.5 Å². The van der Waals surface area contributed by atoms with Gasteiger partial charge in [-0.3, -0.25) is 4.99 Å². The summed E-state index contributed by atoms with van der Waals surface area (Å²) in [5, 5.41) is 7.34. The highest BCUT2D eigenvalue weighted by atomic mass is 16.5. The van der Waals surface area contributed by atoms with E-state index >= 15 is 0 Å². The van der Waals surface area contributed by atoms with Crippen molar-refractivity contribution in [2.24, 2.45) is 4.99 Å². The number of guanidine groups is 1. The summed E-state index contributed by atoms with van der Waals surface area (Å²) < 4.78 is 16.1. The number of benzene rings is 1. The second-order valence-corrected chi connectivity index (χ2v) is 7.07. The first-order valence-electron chi connectivity index (χ1n) is 10.0. The van der Waals surface area contributed by atoms with Crippen LogP contribution < -0.4 is 14.8 Å². The highest BCUT2D eigenvalue weighted by molar-refractivity contribution is 5.79. The van der Waals surface area contributed by atoms with Gasteiger partial charge in [0.1, 0.15) is 11.5 Å². The van der Waals surface area contributed by atoms with Crippen LogP contribution in [0.4, 0.5) is 0 Å². The number of nitrogens with zero attached hydrogens (tertiary/aromatic N) is 4. The molecule has 1 aromatic carbocycles. The number of aromatic nitrogens is 2. The Morgan fingerprint density at radius 2 is 2.07 bits per heavy atom. The summed E-state index contributed by atoms with van der Waals surface area (Å²) in [4.78, 5) is 11.2. The van der Waals surface area contributed by atoms with Crippen molar-refractivity contribution in [1.29, 1.82) is 0 Å². The Bertz CT molecular complexity index is 788. The third-order valence-electron chi connectivity index (χ3n) is 4.41.